The molecule has 0 bridgehead atoms. The van der Waals surface area contributed by atoms with Crippen molar-refractivity contribution in [3.63, 3.8) is 0 Å². The first-order chi connectivity index (χ1) is 8.57. The zero-order chi connectivity index (χ0) is 13.2. The highest BCUT2D eigenvalue weighted by molar-refractivity contribution is 5.27. The molecule has 2 rings (SSSR count). The summed E-state index contributed by atoms with van der Waals surface area (Å²) in [6.07, 6.45) is 0.390. The summed E-state index contributed by atoms with van der Waals surface area (Å²) >= 11 is 0. The number of rotatable bonds is 3. The van der Waals surface area contributed by atoms with E-state index in [0.29, 0.717) is 31.6 Å². The first kappa shape index (κ1) is 13.5. The maximum atomic E-state index is 13.4. The molecule has 0 amide bonds. The Morgan fingerprint density at radius 1 is 1.33 bits per heavy atom. The van der Waals surface area contributed by atoms with E-state index in [0.717, 1.165) is 5.56 Å². The Morgan fingerprint density at radius 3 is 2.56 bits per heavy atom. The van der Waals surface area contributed by atoms with Gasteiger partial charge >= 0.3 is 0 Å². The second-order valence-electron chi connectivity index (χ2n) is 4.85. The Balaban J connectivity index is 2.30. The molecule has 0 aromatic heterocycles. The zero-order valence-electron chi connectivity index (χ0n) is 10.8. The van der Waals surface area contributed by atoms with Crippen molar-refractivity contribution in [1.29, 1.82) is 0 Å². The fraction of sp³-hybridized carbons (Fsp3) is 0.571. The third-order valence-corrected chi connectivity index (χ3v) is 3.62. The summed E-state index contributed by atoms with van der Waals surface area (Å²) in [7, 11) is 1.58. The number of benzene rings is 1. The summed E-state index contributed by atoms with van der Waals surface area (Å²) in [6.45, 7) is 2.92. The maximum Gasteiger partial charge on any atom is 0.123 e. The number of halogens is 1. The highest BCUT2D eigenvalue weighted by Crippen LogP contribution is 2.37. The summed E-state index contributed by atoms with van der Waals surface area (Å²) in [5.41, 5.74) is 0.692. The Hall–Kier alpha value is -0.970. The predicted molar refractivity (Wildman–Crippen MR) is 65.9 cm³/mol. The van der Waals surface area contributed by atoms with E-state index in [9.17, 15) is 9.50 Å². The third kappa shape index (κ3) is 2.55. The molecule has 1 N–H and O–H groups in total. The molecule has 0 saturated carbocycles. The van der Waals surface area contributed by atoms with E-state index in [1.54, 1.807) is 13.2 Å². The van der Waals surface area contributed by atoms with Crippen molar-refractivity contribution >= 4 is 0 Å². The molecule has 1 aromatic carbocycles. The van der Waals surface area contributed by atoms with Crippen LogP contribution in [-0.4, -0.2) is 31.0 Å². The van der Waals surface area contributed by atoms with Gasteiger partial charge < -0.3 is 14.6 Å². The molecule has 0 aliphatic carbocycles. The van der Waals surface area contributed by atoms with Crippen LogP contribution in [0.5, 0.6) is 0 Å². The van der Waals surface area contributed by atoms with Gasteiger partial charge in [0.25, 0.3) is 0 Å². The average molecular weight is 254 g/mol. The van der Waals surface area contributed by atoms with Crippen molar-refractivity contribution in [3.05, 3.63) is 35.1 Å². The van der Waals surface area contributed by atoms with Crippen LogP contribution in [0.1, 0.15) is 30.1 Å². The van der Waals surface area contributed by atoms with Crippen molar-refractivity contribution in [1.82, 2.24) is 0 Å². The number of aryl methyl sites for hydroxylation is 1. The summed E-state index contributed by atoms with van der Waals surface area (Å²) in [6, 6.07) is 4.61. The summed E-state index contributed by atoms with van der Waals surface area (Å²) in [4.78, 5) is 0. The average Bonchev–Trinajstić information content (AvgIpc) is 2.37. The molecular formula is C14H19FO3. The largest absolute Gasteiger partial charge is 0.385 e. The number of methoxy groups -OCH3 is 1. The minimum absolute atomic E-state index is 0.331. The van der Waals surface area contributed by atoms with Crippen LogP contribution < -0.4 is 0 Å². The van der Waals surface area contributed by atoms with Gasteiger partial charge in [0.15, 0.2) is 0 Å². The van der Waals surface area contributed by atoms with Crippen LogP contribution >= 0.6 is 0 Å². The van der Waals surface area contributed by atoms with E-state index in [4.69, 9.17) is 9.47 Å². The number of hydrogen-bond acceptors (Lipinski definition) is 3. The van der Waals surface area contributed by atoms with Gasteiger partial charge in [0, 0.05) is 33.2 Å². The highest BCUT2D eigenvalue weighted by Gasteiger charge is 2.40. The van der Waals surface area contributed by atoms with E-state index < -0.39 is 11.7 Å². The smallest absolute Gasteiger partial charge is 0.123 e. The Kier molecular flexibility index (Phi) is 4.00. The van der Waals surface area contributed by atoms with Gasteiger partial charge in [-0.05, 0) is 30.2 Å². The molecule has 1 heterocycles. The molecular weight excluding hydrogens is 235 g/mol. The molecule has 0 spiro atoms. The Morgan fingerprint density at radius 2 is 2.00 bits per heavy atom. The Bertz CT molecular complexity index is 393. The van der Waals surface area contributed by atoms with Gasteiger partial charge in [-0.25, -0.2) is 4.39 Å². The van der Waals surface area contributed by atoms with E-state index in [1.165, 1.54) is 12.1 Å². The van der Waals surface area contributed by atoms with Crippen LogP contribution in [0, 0.1) is 12.7 Å². The van der Waals surface area contributed by atoms with Crippen LogP contribution in [0.2, 0.25) is 0 Å². The third-order valence-electron chi connectivity index (χ3n) is 3.62. The van der Waals surface area contributed by atoms with Crippen LogP contribution in [-0.2, 0) is 9.47 Å². The standard InChI is InChI=1S/C14H19FO3/c1-10-7-11(9-12(15)8-10)13(16)14(17-2)3-5-18-6-4-14/h7-9,13,16H,3-6H2,1-2H3. The molecule has 18 heavy (non-hydrogen) atoms. The molecule has 100 valence electrons. The zero-order valence-corrected chi connectivity index (χ0v) is 10.8. The molecule has 1 atom stereocenters. The summed E-state index contributed by atoms with van der Waals surface area (Å²) in [5, 5.41) is 10.5. The van der Waals surface area contributed by atoms with Crippen molar-refractivity contribution in [2.75, 3.05) is 20.3 Å². The molecule has 1 aliphatic heterocycles. The molecule has 1 saturated heterocycles. The van der Waals surface area contributed by atoms with Crippen molar-refractivity contribution in [2.24, 2.45) is 0 Å². The van der Waals surface area contributed by atoms with Gasteiger partial charge in [0.05, 0.1) is 0 Å². The van der Waals surface area contributed by atoms with E-state index in [1.807, 2.05) is 6.92 Å². The lowest BCUT2D eigenvalue weighted by atomic mass is 9.84. The van der Waals surface area contributed by atoms with Gasteiger partial charge in [-0.15, -0.1) is 0 Å². The highest BCUT2D eigenvalue weighted by atomic mass is 19.1. The molecule has 1 aromatic rings. The van der Waals surface area contributed by atoms with E-state index in [2.05, 4.69) is 0 Å². The molecule has 1 aliphatic rings. The van der Waals surface area contributed by atoms with Crippen LogP contribution in [0.15, 0.2) is 18.2 Å². The lowest BCUT2D eigenvalue weighted by Crippen LogP contribution is -2.43. The second kappa shape index (κ2) is 5.34. The van der Waals surface area contributed by atoms with Crippen LogP contribution in [0.25, 0.3) is 0 Å². The van der Waals surface area contributed by atoms with Crippen LogP contribution in [0.3, 0.4) is 0 Å². The minimum atomic E-state index is -0.833. The first-order valence-electron chi connectivity index (χ1n) is 6.15. The van der Waals surface area contributed by atoms with Gasteiger partial charge in [0.2, 0.25) is 0 Å². The maximum absolute atomic E-state index is 13.4. The summed E-state index contributed by atoms with van der Waals surface area (Å²) < 4.78 is 24.2. The minimum Gasteiger partial charge on any atom is -0.385 e. The van der Waals surface area contributed by atoms with Crippen LogP contribution in [0.4, 0.5) is 4.39 Å². The van der Waals surface area contributed by atoms with Crippen molar-refractivity contribution in [2.45, 2.75) is 31.5 Å². The fourth-order valence-corrected chi connectivity index (χ4v) is 2.53. The molecule has 4 heteroatoms. The van der Waals surface area contributed by atoms with Gasteiger partial charge in [-0.1, -0.05) is 6.07 Å². The van der Waals surface area contributed by atoms with E-state index in [-0.39, 0.29) is 5.82 Å². The van der Waals surface area contributed by atoms with E-state index >= 15 is 0 Å². The van der Waals surface area contributed by atoms with Crippen molar-refractivity contribution in [3.8, 4) is 0 Å². The molecule has 0 radical (unpaired) electrons. The van der Waals surface area contributed by atoms with Crippen molar-refractivity contribution < 1.29 is 19.0 Å². The number of aliphatic hydroxyl groups is 1. The Labute approximate surface area is 107 Å². The number of aliphatic hydroxyl groups excluding tert-OH is 1. The second-order valence-corrected chi connectivity index (χ2v) is 4.85. The van der Waals surface area contributed by atoms with Gasteiger partial charge in [0.1, 0.15) is 17.5 Å². The normalized spacial score (nSPS) is 20.7. The lowest BCUT2D eigenvalue weighted by Gasteiger charge is -2.39. The monoisotopic (exact) mass is 254 g/mol. The number of ether oxygens (including phenoxy) is 2. The predicted octanol–water partition coefficient (Wildman–Crippen LogP) is 2.36. The number of hydrogen-bond donors (Lipinski definition) is 1. The quantitative estimate of drug-likeness (QED) is 0.900. The molecule has 1 fully saturated rings. The van der Waals surface area contributed by atoms with Gasteiger partial charge in [-0.3, -0.25) is 0 Å². The van der Waals surface area contributed by atoms with Gasteiger partial charge in [-0.2, -0.15) is 0 Å². The SMILES string of the molecule is COC1(C(O)c2cc(C)cc(F)c2)CCOCC1. The first-order valence-corrected chi connectivity index (χ1v) is 6.15. The summed E-state index contributed by atoms with van der Waals surface area (Å²) in [5.74, 6) is -0.331. The topological polar surface area (TPSA) is 38.7 Å². The molecule has 3 nitrogen and oxygen atoms in total. The fourth-order valence-electron chi connectivity index (χ4n) is 2.53. The molecule has 1 unspecified atom stereocenters. The lowest BCUT2D eigenvalue weighted by molar-refractivity contribution is -0.154.